The molecule has 0 saturated heterocycles. The molecule has 0 fully saturated rings. The Labute approximate surface area is 197 Å². The number of hydrogen-bond donors (Lipinski definition) is 1. The van der Waals surface area contributed by atoms with Crippen molar-refractivity contribution in [2.75, 3.05) is 6.61 Å². The number of amides is 2. The van der Waals surface area contributed by atoms with E-state index in [-0.39, 0.29) is 36.2 Å². The first kappa shape index (κ1) is 26.4. The van der Waals surface area contributed by atoms with Gasteiger partial charge in [-0.3, -0.25) is 9.59 Å². The topological polar surface area (TPSA) is 58.6 Å². The average molecular weight is 457 g/mol. The number of nitrogens with one attached hydrogen (secondary N) is 1. The minimum atomic E-state index is -0.678. The molecular weight excluding hydrogens is 419 g/mol. The third-order valence-electron chi connectivity index (χ3n) is 5.20. The van der Waals surface area contributed by atoms with E-state index >= 15 is 0 Å². The first-order valence-corrected chi connectivity index (χ1v) is 11.4. The molecule has 1 N–H and O–H groups in total. The summed E-state index contributed by atoms with van der Waals surface area (Å²) in [5.74, 6) is -0.238. The summed E-state index contributed by atoms with van der Waals surface area (Å²) in [7, 11) is 0. The molecule has 2 aromatic rings. The van der Waals surface area contributed by atoms with Crippen molar-refractivity contribution in [3.05, 3.63) is 65.5 Å². The van der Waals surface area contributed by atoms with Gasteiger partial charge in [-0.05, 0) is 61.9 Å². The fourth-order valence-electron chi connectivity index (χ4n) is 3.59. The maximum Gasteiger partial charge on any atom is 0.261 e. The second-order valence-electron chi connectivity index (χ2n) is 10.3. The number of benzene rings is 2. The van der Waals surface area contributed by atoms with Gasteiger partial charge in [-0.25, -0.2) is 4.39 Å². The molecule has 0 spiro atoms. The summed E-state index contributed by atoms with van der Waals surface area (Å²) in [5.41, 5.74) is 1.16. The van der Waals surface area contributed by atoms with Crippen LogP contribution in [0.3, 0.4) is 0 Å². The molecule has 2 rings (SSSR count). The van der Waals surface area contributed by atoms with Crippen LogP contribution in [0.15, 0.2) is 48.5 Å². The zero-order chi connectivity index (χ0) is 24.8. The molecule has 33 heavy (non-hydrogen) atoms. The summed E-state index contributed by atoms with van der Waals surface area (Å²) in [4.78, 5) is 27.9. The summed E-state index contributed by atoms with van der Waals surface area (Å²) < 4.78 is 19.4. The Hall–Kier alpha value is -2.89. The lowest BCUT2D eigenvalue weighted by molar-refractivity contribution is -0.143. The van der Waals surface area contributed by atoms with Crippen LogP contribution in [-0.2, 0) is 21.5 Å². The molecule has 0 unspecified atom stereocenters. The van der Waals surface area contributed by atoms with Crippen molar-refractivity contribution < 1.29 is 18.7 Å². The zero-order valence-electron chi connectivity index (χ0n) is 20.9. The van der Waals surface area contributed by atoms with Crippen LogP contribution in [0.25, 0.3) is 0 Å². The van der Waals surface area contributed by atoms with Gasteiger partial charge in [0, 0.05) is 12.1 Å². The Morgan fingerprint density at radius 2 is 1.61 bits per heavy atom. The highest BCUT2D eigenvalue weighted by Crippen LogP contribution is 2.31. The monoisotopic (exact) mass is 456 g/mol. The Morgan fingerprint density at radius 3 is 2.15 bits per heavy atom. The highest BCUT2D eigenvalue weighted by atomic mass is 19.1. The van der Waals surface area contributed by atoms with Gasteiger partial charge in [-0.2, -0.15) is 0 Å². The van der Waals surface area contributed by atoms with Crippen LogP contribution in [0.2, 0.25) is 0 Å². The van der Waals surface area contributed by atoms with Crippen LogP contribution in [0.5, 0.6) is 5.75 Å². The second kappa shape index (κ2) is 10.8. The first-order valence-electron chi connectivity index (χ1n) is 11.4. The number of carbonyl (C=O) groups is 2. The Kier molecular flexibility index (Phi) is 8.64. The number of nitrogens with zero attached hydrogens (tertiary/aromatic N) is 1. The van der Waals surface area contributed by atoms with E-state index in [1.807, 2.05) is 52.0 Å². The van der Waals surface area contributed by atoms with Crippen LogP contribution < -0.4 is 10.1 Å². The number of ether oxygens (including phenoxy) is 1. The van der Waals surface area contributed by atoms with E-state index in [1.165, 1.54) is 17.0 Å². The summed E-state index contributed by atoms with van der Waals surface area (Å²) in [6, 6.07) is 12.9. The van der Waals surface area contributed by atoms with Crippen LogP contribution in [0, 0.1) is 5.82 Å². The molecule has 0 saturated carbocycles. The van der Waals surface area contributed by atoms with Crippen molar-refractivity contribution in [2.45, 2.75) is 78.4 Å². The maximum atomic E-state index is 13.4. The van der Waals surface area contributed by atoms with Gasteiger partial charge in [0.1, 0.15) is 17.6 Å². The molecule has 0 aliphatic carbocycles. The molecule has 0 aromatic heterocycles. The van der Waals surface area contributed by atoms with Gasteiger partial charge in [-0.1, -0.05) is 58.0 Å². The lowest BCUT2D eigenvalue weighted by Crippen LogP contribution is -2.54. The molecule has 2 amide bonds. The molecule has 0 radical (unpaired) electrons. The van der Waals surface area contributed by atoms with Gasteiger partial charge in [-0.15, -0.1) is 0 Å². The largest absolute Gasteiger partial charge is 0.483 e. The lowest BCUT2D eigenvalue weighted by Gasteiger charge is -2.33. The number of halogens is 1. The molecule has 6 heteroatoms. The van der Waals surface area contributed by atoms with Crippen molar-refractivity contribution in [3.63, 3.8) is 0 Å². The molecule has 0 aliphatic rings. The van der Waals surface area contributed by atoms with Gasteiger partial charge in [0.25, 0.3) is 5.91 Å². The van der Waals surface area contributed by atoms with Crippen LogP contribution in [-0.4, -0.2) is 34.9 Å². The molecule has 5 nitrogen and oxygen atoms in total. The van der Waals surface area contributed by atoms with Crippen molar-refractivity contribution >= 4 is 11.8 Å². The predicted molar refractivity (Wildman–Crippen MR) is 130 cm³/mol. The van der Waals surface area contributed by atoms with Crippen LogP contribution in [0.4, 0.5) is 4.39 Å². The number of para-hydroxylation sites is 1. The summed E-state index contributed by atoms with van der Waals surface area (Å²) in [5, 5.41) is 2.97. The average Bonchev–Trinajstić information content (AvgIpc) is 2.71. The highest BCUT2D eigenvalue weighted by Gasteiger charge is 2.31. The summed E-state index contributed by atoms with van der Waals surface area (Å²) >= 11 is 0. The third kappa shape index (κ3) is 7.88. The minimum Gasteiger partial charge on any atom is -0.483 e. The van der Waals surface area contributed by atoms with E-state index in [0.29, 0.717) is 12.2 Å². The van der Waals surface area contributed by atoms with Gasteiger partial charge in [0.2, 0.25) is 5.91 Å². The van der Waals surface area contributed by atoms with E-state index in [0.717, 1.165) is 11.1 Å². The molecule has 0 bridgehead atoms. The van der Waals surface area contributed by atoms with Crippen LogP contribution >= 0.6 is 0 Å². The molecule has 1 atom stereocenters. The normalized spacial score (nSPS) is 12.7. The van der Waals surface area contributed by atoms with E-state index in [9.17, 15) is 14.0 Å². The number of hydrogen-bond acceptors (Lipinski definition) is 3. The predicted octanol–water partition coefficient (Wildman–Crippen LogP) is 5.22. The Morgan fingerprint density at radius 1 is 1.00 bits per heavy atom. The SMILES string of the molecule is CC[C@H](C(=O)NC(C)(C)C)N(Cc1ccc(F)cc1)C(=O)COc1ccccc1C(C)(C)C. The standard InChI is InChI=1S/C27H37FN2O3/c1-8-22(25(32)29-27(5,6)7)30(17-19-13-15-20(28)16-14-19)24(31)18-33-23-12-10-9-11-21(23)26(2,3)4/h9-16,22H,8,17-18H2,1-7H3,(H,29,32)/t22-/m1/s1. The quantitative estimate of drug-likeness (QED) is 0.592. The fraction of sp³-hybridized carbons (Fsp3) is 0.481. The smallest absolute Gasteiger partial charge is 0.261 e. The Bertz CT molecular complexity index is 943. The Balaban J connectivity index is 2.29. The molecular formula is C27H37FN2O3. The van der Waals surface area contributed by atoms with E-state index in [4.69, 9.17) is 4.74 Å². The first-order chi connectivity index (χ1) is 15.3. The lowest BCUT2D eigenvalue weighted by atomic mass is 9.86. The molecule has 0 heterocycles. The van der Waals surface area contributed by atoms with Gasteiger partial charge < -0.3 is 15.0 Å². The van der Waals surface area contributed by atoms with Crippen molar-refractivity contribution in [2.24, 2.45) is 0 Å². The van der Waals surface area contributed by atoms with Crippen LogP contribution in [0.1, 0.15) is 66.0 Å². The summed E-state index contributed by atoms with van der Waals surface area (Å²) in [6.45, 7) is 13.8. The van der Waals surface area contributed by atoms with Crippen molar-refractivity contribution in [1.29, 1.82) is 0 Å². The molecule has 180 valence electrons. The van der Waals surface area contributed by atoms with E-state index in [2.05, 4.69) is 26.1 Å². The van der Waals surface area contributed by atoms with Crippen molar-refractivity contribution in [1.82, 2.24) is 10.2 Å². The van der Waals surface area contributed by atoms with E-state index in [1.54, 1.807) is 12.1 Å². The van der Waals surface area contributed by atoms with E-state index < -0.39 is 11.6 Å². The van der Waals surface area contributed by atoms with Crippen molar-refractivity contribution in [3.8, 4) is 5.75 Å². The fourth-order valence-corrected chi connectivity index (χ4v) is 3.59. The summed E-state index contributed by atoms with van der Waals surface area (Å²) in [6.07, 6.45) is 0.438. The maximum absolute atomic E-state index is 13.4. The minimum absolute atomic E-state index is 0.147. The zero-order valence-corrected chi connectivity index (χ0v) is 20.9. The number of rotatable bonds is 8. The van der Waals surface area contributed by atoms with Gasteiger partial charge >= 0.3 is 0 Å². The number of carbonyl (C=O) groups excluding carboxylic acids is 2. The van der Waals surface area contributed by atoms with Gasteiger partial charge in [0.05, 0.1) is 0 Å². The third-order valence-corrected chi connectivity index (χ3v) is 5.20. The van der Waals surface area contributed by atoms with Gasteiger partial charge in [0.15, 0.2) is 6.61 Å². The molecule has 2 aromatic carbocycles. The second-order valence-corrected chi connectivity index (χ2v) is 10.3. The highest BCUT2D eigenvalue weighted by molar-refractivity contribution is 5.88. The molecule has 0 aliphatic heterocycles.